The lowest BCUT2D eigenvalue weighted by Crippen LogP contribution is -2.48. The van der Waals surface area contributed by atoms with Crippen LogP contribution in [0.1, 0.15) is 33.1 Å². The van der Waals surface area contributed by atoms with E-state index in [1.54, 1.807) is 0 Å². The zero-order valence-corrected chi connectivity index (χ0v) is 12.3. The normalized spacial score (nSPS) is 21.7. The third kappa shape index (κ3) is 5.48. The summed E-state index contributed by atoms with van der Waals surface area (Å²) in [7, 11) is 0. The molecule has 2 N–H and O–H groups in total. The van der Waals surface area contributed by atoms with Crippen molar-refractivity contribution < 1.29 is 9.90 Å². The number of hydrogen-bond acceptors (Lipinski definition) is 3. The van der Waals surface area contributed by atoms with Crippen molar-refractivity contribution in [2.45, 2.75) is 39.2 Å². The van der Waals surface area contributed by atoms with Crippen molar-refractivity contribution in [2.24, 2.45) is 5.92 Å². The predicted octanol–water partition coefficient (Wildman–Crippen LogP) is 1.93. The number of rotatable bonds is 6. The van der Waals surface area contributed by atoms with Crippen molar-refractivity contribution in [2.75, 3.05) is 31.2 Å². The van der Waals surface area contributed by atoms with E-state index in [4.69, 9.17) is 5.11 Å². The summed E-state index contributed by atoms with van der Waals surface area (Å²) in [6, 6.07) is 0.258. The molecule has 2 amide bonds. The number of aliphatic hydroxyl groups excluding tert-OH is 1. The summed E-state index contributed by atoms with van der Waals surface area (Å²) in [5, 5.41) is 12.2. The van der Waals surface area contributed by atoms with E-state index in [0.29, 0.717) is 6.54 Å². The zero-order chi connectivity index (χ0) is 13.4. The highest BCUT2D eigenvalue weighted by molar-refractivity contribution is 7.99. The first-order valence-corrected chi connectivity index (χ1v) is 8.06. The molecule has 18 heavy (non-hydrogen) atoms. The fourth-order valence-corrected chi connectivity index (χ4v) is 2.99. The molecule has 0 aromatic heterocycles. The third-order valence-electron chi connectivity index (χ3n) is 3.33. The number of nitrogens with one attached hydrogen (secondary N) is 1. The maximum absolute atomic E-state index is 12.0. The Labute approximate surface area is 115 Å². The molecule has 0 aromatic rings. The minimum Gasteiger partial charge on any atom is -0.396 e. The van der Waals surface area contributed by atoms with Gasteiger partial charge in [-0.1, -0.05) is 6.92 Å². The van der Waals surface area contributed by atoms with E-state index in [1.807, 2.05) is 16.7 Å². The molecule has 1 aliphatic rings. The van der Waals surface area contributed by atoms with Crippen LogP contribution in [0, 0.1) is 5.92 Å². The number of carbonyl (C=O) groups excluding carboxylic acids is 1. The Kier molecular flexibility index (Phi) is 7.51. The van der Waals surface area contributed by atoms with Crippen molar-refractivity contribution in [3.63, 3.8) is 0 Å². The molecule has 5 heteroatoms. The number of likely N-dealkylation sites (tertiary alicyclic amines) is 1. The minimum atomic E-state index is 0.0298. The standard InChI is InChI=1S/C13H26N2O2S/c1-3-18-8-6-11(2)14-13(17)15-7-4-5-12(9-15)10-16/h11-12,16H,3-10H2,1-2H3,(H,14,17)/t11-,12-/m1/s1. The van der Waals surface area contributed by atoms with Gasteiger partial charge in [0.2, 0.25) is 0 Å². The first kappa shape index (κ1) is 15.6. The molecule has 0 unspecified atom stereocenters. The van der Waals surface area contributed by atoms with Crippen molar-refractivity contribution >= 4 is 17.8 Å². The number of urea groups is 1. The van der Waals surface area contributed by atoms with Gasteiger partial charge in [-0.05, 0) is 43.6 Å². The summed E-state index contributed by atoms with van der Waals surface area (Å²) in [5.41, 5.74) is 0. The smallest absolute Gasteiger partial charge is 0.317 e. The molecule has 1 heterocycles. The van der Waals surface area contributed by atoms with Gasteiger partial charge in [0.05, 0.1) is 0 Å². The molecule has 1 saturated heterocycles. The van der Waals surface area contributed by atoms with Crippen LogP contribution in [-0.2, 0) is 0 Å². The van der Waals surface area contributed by atoms with E-state index in [2.05, 4.69) is 19.2 Å². The second kappa shape index (κ2) is 8.64. The van der Waals surface area contributed by atoms with Crippen LogP contribution in [0.4, 0.5) is 4.79 Å². The van der Waals surface area contributed by atoms with E-state index < -0.39 is 0 Å². The monoisotopic (exact) mass is 274 g/mol. The number of thioether (sulfide) groups is 1. The van der Waals surface area contributed by atoms with Crippen LogP contribution < -0.4 is 5.32 Å². The Morgan fingerprint density at radius 2 is 2.39 bits per heavy atom. The molecule has 0 radical (unpaired) electrons. The first-order chi connectivity index (χ1) is 8.67. The zero-order valence-electron chi connectivity index (χ0n) is 11.5. The highest BCUT2D eigenvalue weighted by Crippen LogP contribution is 2.16. The van der Waals surface area contributed by atoms with Crippen LogP contribution >= 0.6 is 11.8 Å². The molecule has 1 aliphatic heterocycles. The summed E-state index contributed by atoms with van der Waals surface area (Å²) in [5.74, 6) is 2.48. The summed E-state index contributed by atoms with van der Waals surface area (Å²) in [6.07, 6.45) is 3.04. The van der Waals surface area contributed by atoms with Crippen LogP contribution in [0.2, 0.25) is 0 Å². The molecule has 106 valence electrons. The van der Waals surface area contributed by atoms with Gasteiger partial charge >= 0.3 is 6.03 Å². The van der Waals surface area contributed by atoms with E-state index >= 15 is 0 Å². The van der Waals surface area contributed by atoms with Crippen molar-refractivity contribution in [1.29, 1.82) is 0 Å². The molecule has 1 fully saturated rings. The average molecular weight is 274 g/mol. The van der Waals surface area contributed by atoms with Crippen molar-refractivity contribution in [3.8, 4) is 0 Å². The van der Waals surface area contributed by atoms with Crippen LogP contribution in [0.25, 0.3) is 0 Å². The van der Waals surface area contributed by atoms with E-state index in [1.165, 1.54) is 0 Å². The molecule has 0 spiro atoms. The van der Waals surface area contributed by atoms with Crippen LogP contribution in [-0.4, -0.2) is 53.3 Å². The van der Waals surface area contributed by atoms with E-state index in [9.17, 15) is 4.79 Å². The molecular formula is C13H26N2O2S. The van der Waals surface area contributed by atoms with Crippen molar-refractivity contribution in [1.82, 2.24) is 10.2 Å². The fraction of sp³-hybridized carbons (Fsp3) is 0.923. The summed E-state index contributed by atoms with van der Waals surface area (Å²) in [6.45, 7) is 5.91. The second-order valence-corrected chi connectivity index (χ2v) is 6.37. The van der Waals surface area contributed by atoms with Gasteiger partial charge in [-0.25, -0.2) is 4.79 Å². The number of aliphatic hydroxyl groups is 1. The lowest BCUT2D eigenvalue weighted by atomic mass is 9.99. The Bertz CT molecular complexity index is 251. The van der Waals surface area contributed by atoms with Gasteiger partial charge in [-0.2, -0.15) is 11.8 Å². The summed E-state index contributed by atoms with van der Waals surface area (Å²) >= 11 is 1.91. The lowest BCUT2D eigenvalue weighted by molar-refractivity contribution is 0.128. The molecule has 1 rings (SSSR count). The maximum Gasteiger partial charge on any atom is 0.317 e. The largest absolute Gasteiger partial charge is 0.396 e. The van der Waals surface area contributed by atoms with Crippen LogP contribution in [0.3, 0.4) is 0 Å². The van der Waals surface area contributed by atoms with Crippen LogP contribution in [0.5, 0.6) is 0 Å². The molecule has 2 atom stereocenters. The minimum absolute atomic E-state index is 0.0298. The topological polar surface area (TPSA) is 52.6 Å². The Hall–Kier alpha value is -0.420. The Morgan fingerprint density at radius 3 is 3.06 bits per heavy atom. The summed E-state index contributed by atoms with van der Waals surface area (Å²) in [4.78, 5) is 13.9. The molecular weight excluding hydrogens is 248 g/mol. The van der Waals surface area contributed by atoms with Gasteiger partial charge in [0, 0.05) is 25.7 Å². The van der Waals surface area contributed by atoms with Gasteiger partial charge in [0.25, 0.3) is 0 Å². The molecule has 0 bridgehead atoms. The highest BCUT2D eigenvalue weighted by atomic mass is 32.2. The maximum atomic E-state index is 12.0. The van der Waals surface area contributed by atoms with Gasteiger partial charge in [0.1, 0.15) is 0 Å². The highest BCUT2D eigenvalue weighted by Gasteiger charge is 2.23. The second-order valence-electron chi connectivity index (χ2n) is 4.97. The van der Waals surface area contributed by atoms with Gasteiger partial charge < -0.3 is 15.3 Å². The van der Waals surface area contributed by atoms with Crippen LogP contribution in [0.15, 0.2) is 0 Å². The molecule has 0 aliphatic carbocycles. The number of carbonyl (C=O) groups is 1. The number of hydrogen-bond donors (Lipinski definition) is 2. The quantitative estimate of drug-likeness (QED) is 0.728. The van der Waals surface area contributed by atoms with E-state index in [-0.39, 0.29) is 24.6 Å². The summed E-state index contributed by atoms with van der Waals surface area (Å²) < 4.78 is 0. The number of nitrogens with zero attached hydrogens (tertiary/aromatic N) is 1. The van der Waals surface area contributed by atoms with E-state index in [0.717, 1.165) is 37.3 Å². The van der Waals surface area contributed by atoms with Gasteiger partial charge in [-0.15, -0.1) is 0 Å². The Morgan fingerprint density at radius 1 is 1.61 bits per heavy atom. The van der Waals surface area contributed by atoms with Crippen molar-refractivity contribution in [3.05, 3.63) is 0 Å². The predicted molar refractivity (Wildman–Crippen MR) is 77.0 cm³/mol. The molecule has 4 nitrogen and oxygen atoms in total. The SMILES string of the molecule is CCSCC[C@@H](C)NC(=O)N1CCC[C@@H](CO)C1. The van der Waals surface area contributed by atoms with Gasteiger partial charge in [-0.3, -0.25) is 0 Å². The number of piperidine rings is 1. The first-order valence-electron chi connectivity index (χ1n) is 6.91. The molecule has 0 saturated carbocycles. The Balaban J connectivity index is 2.26. The number of amides is 2. The molecule has 0 aromatic carbocycles. The van der Waals surface area contributed by atoms with Gasteiger partial charge in [0.15, 0.2) is 0 Å². The fourth-order valence-electron chi connectivity index (χ4n) is 2.18. The lowest BCUT2D eigenvalue weighted by Gasteiger charge is -2.32. The average Bonchev–Trinajstić information content (AvgIpc) is 2.39. The third-order valence-corrected chi connectivity index (χ3v) is 4.27.